The molecule has 0 bridgehead atoms. The molecule has 12 rings (SSSR count). The van der Waals surface area contributed by atoms with Crippen molar-refractivity contribution in [2.45, 2.75) is 0 Å². The van der Waals surface area contributed by atoms with Gasteiger partial charge in [0.2, 0.25) is 0 Å². The van der Waals surface area contributed by atoms with E-state index in [9.17, 15) is 0 Å². The van der Waals surface area contributed by atoms with Crippen molar-refractivity contribution in [2.75, 3.05) is 0 Å². The maximum atomic E-state index is 4.64. The molecule has 78 heavy (non-hydrogen) atoms. The zero-order valence-corrected chi connectivity index (χ0v) is 50.2. The Morgan fingerprint density at radius 3 is 0.295 bits per heavy atom. The van der Waals surface area contributed by atoms with Crippen LogP contribution in [0.5, 0.6) is 0 Å². The van der Waals surface area contributed by atoms with Crippen LogP contribution >= 0.6 is 29.2 Å². The van der Waals surface area contributed by atoms with Crippen molar-refractivity contribution < 1.29 is 11.8 Å². The van der Waals surface area contributed by atoms with Gasteiger partial charge in [0.25, 0.3) is 0 Å². The average molecular weight is 1190 g/mol. The number of hydrogen-bond acceptors (Lipinski definition) is 0. The third-order valence-corrected chi connectivity index (χ3v) is 148. The molecule has 0 amide bonds. The molecule has 0 aliphatic rings. The van der Waals surface area contributed by atoms with Crippen LogP contribution in [0.1, 0.15) is 0 Å². The molecule has 0 fully saturated rings. The van der Waals surface area contributed by atoms with E-state index in [0.717, 1.165) is 0 Å². The topological polar surface area (TPSA) is 0 Å². The van der Waals surface area contributed by atoms with Gasteiger partial charge in [-0.15, -0.1) is 0 Å². The van der Waals surface area contributed by atoms with Crippen molar-refractivity contribution in [1.29, 1.82) is 0 Å². The molecule has 0 radical (unpaired) electrons. The van der Waals surface area contributed by atoms with Crippen LogP contribution in [0.25, 0.3) is 0 Å². The molecule has 0 aromatic heterocycles. The summed E-state index contributed by atoms with van der Waals surface area (Å²) in [6.07, 6.45) is 0. The first kappa shape index (κ1) is 52.2. The van der Waals surface area contributed by atoms with E-state index >= 15 is 0 Å². The average Bonchev–Trinajstić information content (AvgIpc) is 2.58. The summed E-state index contributed by atoms with van der Waals surface area (Å²) in [7, 11) is 4.64. The first-order valence-corrected chi connectivity index (χ1v) is 46.4. The summed E-state index contributed by atoms with van der Waals surface area (Å²) in [5.74, 6) is 0. The molecule has 0 aliphatic carbocycles. The van der Waals surface area contributed by atoms with Crippen molar-refractivity contribution in [3.8, 4) is 0 Å². The van der Waals surface area contributed by atoms with Crippen molar-refractivity contribution in [3.05, 3.63) is 364 Å². The van der Waals surface area contributed by atoms with Gasteiger partial charge in [-0.2, -0.15) is 0 Å². The standard InChI is InChI=1S/4C18H15P.H2P.Pd/c4*1-4-10-16(11-5-1)19(17-12-6-2-7-13-17)18-14-8-3-9-15-18;;/h4*1-15H;1H2;/q;;;;-1;-3/p+4. The second kappa shape index (κ2) is 22.3. The summed E-state index contributed by atoms with van der Waals surface area (Å²) in [5, 5.41) is 17.1. The zero-order chi connectivity index (χ0) is 52.8. The molecule has 0 saturated heterocycles. The van der Waals surface area contributed by atoms with Crippen LogP contribution in [0.2, 0.25) is 0 Å². The Kier molecular flexibility index (Phi) is 14.9. The van der Waals surface area contributed by atoms with Gasteiger partial charge in [0.05, 0.1) is 0 Å². The van der Waals surface area contributed by atoms with E-state index in [2.05, 4.69) is 371 Å². The molecule has 1 unspecified atom stereocenters. The van der Waals surface area contributed by atoms with Crippen LogP contribution in [0.15, 0.2) is 364 Å². The van der Waals surface area contributed by atoms with E-state index in [1.165, 1.54) is 63.7 Å². The Hall–Kier alpha value is -6.55. The van der Waals surface area contributed by atoms with Crippen molar-refractivity contribution in [2.24, 2.45) is 0 Å². The number of rotatable bonds is 16. The van der Waals surface area contributed by atoms with E-state index in [-0.39, 0.29) is 0 Å². The second-order valence-electron chi connectivity index (χ2n) is 19.7. The van der Waals surface area contributed by atoms with Crippen molar-refractivity contribution in [3.63, 3.8) is 0 Å². The second-order valence-corrected chi connectivity index (χ2v) is 89.4. The summed E-state index contributed by atoms with van der Waals surface area (Å²) in [6.45, 7) is 0. The third-order valence-electron chi connectivity index (χ3n) is 15.8. The predicted molar refractivity (Wildman–Crippen MR) is 356 cm³/mol. The third kappa shape index (κ3) is 7.42. The first-order chi connectivity index (χ1) is 38.6. The first-order valence-electron chi connectivity index (χ1n) is 26.7. The van der Waals surface area contributed by atoms with Crippen LogP contribution in [0.4, 0.5) is 0 Å². The number of benzene rings is 12. The van der Waals surface area contributed by atoms with E-state index in [1.807, 2.05) is 0 Å². The minimum atomic E-state index is -5.77. The SMILES string of the molecule is [PH2][Pd]([PH](c1ccccc1)(c1ccccc1)c1ccccc1)([PH](c1ccccc1)(c1ccccc1)c1ccccc1)([PH](c1ccccc1)(c1ccccc1)c1ccccc1)[PH](c1ccccc1)(c1ccccc1)c1ccccc1. The Morgan fingerprint density at radius 2 is 0.218 bits per heavy atom. The predicted octanol–water partition coefficient (Wildman–Crippen LogP) is 13.0. The minimum absolute atomic E-state index is 1.43. The summed E-state index contributed by atoms with van der Waals surface area (Å²) in [5.41, 5.74) is -16.3. The summed E-state index contributed by atoms with van der Waals surface area (Å²) in [6, 6.07) is 146. The Labute approximate surface area is 465 Å². The van der Waals surface area contributed by atoms with Gasteiger partial charge in [0.1, 0.15) is 0 Å². The van der Waals surface area contributed by atoms with Gasteiger partial charge in [-0.3, -0.25) is 0 Å². The molecule has 12 aromatic rings. The molecule has 1 atom stereocenters. The summed E-state index contributed by atoms with van der Waals surface area (Å²) >= 11 is -5.77. The Bertz CT molecular complexity index is 2930. The van der Waals surface area contributed by atoms with Gasteiger partial charge in [0.15, 0.2) is 0 Å². The molecule has 0 aliphatic heterocycles. The van der Waals surface area contributed by atoms with Gasteiger partial charge >= 0.3 is 469 Å². The van der Waals surface area contributed by atoms with Crippen LogP contribution in [0, 0.1) is 0 Å². The van der Waals surface area contributed by atoms with Gasteiger partial charge in [-0.25, -0.2) is 0 Å². The van der Waals surface area contributed by atoms with Gasteiger partial charge < -0.3 is 0 Å². The van der Waals surface area contributed by atoms with E-state index in [1.54, 1.807) is 0 Å². The van der Waals surface area contributed by atoms with Crippen molar-refractivity contribution >= 4 is 92.9 Å². The number of hydrogen-bond donors (Lipinski definition) is 0. The van der Waals surface area contributed by atoms with Gasteiger partial charge in [-0.05, 0) is 0 Å². The maximum absolute atomic E-state index is 5.77. The van der Waals surface area contributed by atoms with Crippen LogP contribution in [-0.2, 0) is 11.8 Å². The summed E-state index contributed by atoms with van der Waals surface area (Å²) in [4.78, 5) is 0. The fourth-order valence-corrected chi connectivity index (χ4v) is 209. The molecule has 12 aromatic carbocycles. The fraction of sp³-hybridized carbons (Fsp3) is 0. The molecule has 0 saturated carbocycles. The fourth-order valence-electron chi connectivity index (χ4n) is 13.2. The Balaban J connectivity index is 1.67. The van der Waals surface area contributed by atoms with Gasteiger partial charge in [0, 0.05) is 0 Å². The molecule has 0 N–H and O–H groups in total. The molecule has 0 spiro atoms. The molecule has 389 valence electrons. The summed E-state index contributed by atoms with van der Waals surface area (Å²) < 4.78 is 0. The molecule has 0 heterocycles. The van der Waals surface area contributed by atoms with E-state index in [0.29, 0.717) is 0 Å². The Morgan fingerprint density at radius 1 is 0.141 bits per heavy atom. The monoisotopic (exact) mass is 1190 g/mol. The molecular formula is C72H66P5Pd. The van der Waals surface area contributed by atoms with Crippen molar-refractivity contribution in [1.82, 2.24) is 0 Å². The van der Waals surface area contributed by atoms with Gasteiger partial charge in [-0.1, -0.05) is 0 Å². The quantitative estimate of drug-likeness (QED) is 0.0668. The van der Waals surface area contributed by atoms with Crippen LogP contribution < -0.4 is 63.7 Å². The van der Waals surface area contributed by atoms with E-state index in [4.69, 9.17) is 0 Å². The molecule has 6 heteroatoms. The molecular weight excluding hydrogens is 1130 g/mol. The molecule has 0 nitrogen and oxygen atoms in total. The van der Waals surface area contributed by atoms with Crippen LogP contribution in [-0.4, -0.2) is 0 Å². The van der Waals surface area contributed by atoms with Crippen LogP contribution in [0.3, 0.4) is 0 Å². The zero-order valence-electron chi connectivity index (χ0n) is 43.5. The normalized spacial score (nSPS) is 13.5. The van der Waals surface area contributed by atoms with E-state index < -0.39 is 33.6 Å².